The van der Waals surface area contributed by atoms with E-state index in [0.29, 0.717) is 6.42 Å². The van der Waals surface area contributed by atoms with E-state index >= 15 is 0 Å². The Labute approximate surface area is 81.2 Å². The molecule has 0 radical (unpaired) electrons. The smallest absolute Gasteiger partial charge is 0.150 e. The van der Waals surface area contributed by atoms with Crippen molar-refractivity contribution in [2.45, 2.75) is 12.5 Å². The highest BCUT2D eigenvalue weighted by Gasteiger charge is 2.13. The number of sulfone groups is 1. The number of hydrogen-bond donors (Lipinski definition) is 1. The minimum atomic E-state index is -3.09. The van der Waals surface area contributed by atoms with Crippen LogP contribution in [-0.2, 0) is 16.3 Å². The molecule has 0 fully saturated rings. The summed E-state index contributed by atoms with van der Waals surface area (Å²) in [6.07, 6.45) is 2.28. The Balaban J connectivity index is 2.47. The highest BCUT2D eigenvalue weighted by Crippen LogP contribution is 2.09. The maximum Gasteiger partial charge on any atom is 0.150 e. The van der Waals surface area contributed by atoms with Crippen LogP contribution in [0.15, 0.2) is 11.7 Å². The summed E-state index contributed by atoms with van der Waals surface area (Å²) in [5.74, 6) is -0.190. The third-order valence-electron chi connectivity index (χ3n) is 1.42. The molecule has 0 aliphatic rings. The molecule has 0 aromatic carbocycles. The van der Waals surface area contributed by atoms with Gasteiger partial charge in [-0.2, -0.15) is 0 Å². The maximum atomic E-state index is 10.8. The van der Waals surface area contributed by atoms with Gasteiger partial charge in [-0.25, -0.2) is 8.42 Å². The minimum absolute atomic E-state index is 0.190. The third kappa shape index (κ3) is 4.35. The number of nitrogens with zero attached hydrogens (tertiary/aromatic N) is 1. The first-order chi connectivity index (χ1) is 5.97. The van der Waals surface area contributed by atoms with Crippen LogP contribution in [0.2, 0.25) is 0 Å². The normalized spacial score (nSPS) is 14.3. The molecule has 74 valence electrons. The number of aliphatic hydroxyl groups excluding tert-OH is 1. The molecule has 0 saturated carbocycles. The van der Waals surface area contributed by atoms with Gasteiger partial charge < -0.3 is 5.11 Å². The first-order valence-electron chi connectivity index (χ1n) is 3.70. The number of aliphatic hydroxyl groups is 1. The Morgan fingerprint density at radius 1 is 1.69 bits per heavy atom. The molecule has 1 unspecified atom stereocenters. The van der Waals surface area contributed by atoms with Crippen molar-refractivity contribution in [2.75, 3.05) is 12.0 Å². The molecule has 13 heavy (non-hydrogen) atoms. The fraction of sp³-hybridized carbons (Fsp3) is 0.571. The van der Waals surface area contributed by atoms with Gasteiger partial charge in [-0.1, -0.05) is 0 Å². The van der Waals surface area contributed by atoms with E-state index in [1.165, 1.54) is 11.3 Å². The SMILES string of the molecule is CS(=O)(=O)CC(O)Cc1cncs1. The Morgan fingerprint density at radius 2 is 2.38 bits per heavy atom. The van der Waals surface area contributed by atoms with Crippen LogP contribution in [0.4, 0.5) is 0 Å². The van der Waals surface area contributed by atoms with Crippen LogP contribution >= 0.6 is 11.3 Å². The molecule has 0 aliphatic heterocycles. The molecule has 0 amide bonds. The highest BCUT2D eigenvalue weighted by molar-refractivity contribution is 7.90. The second-order valence-corrected chi connectivity index (χ2v) is 6.07. The summed E-state index contributed by atoms with van der Waals surface area (Å²) in [6.45, 7) is 0. The zero-order valence-electron chi connectivity index (χ0n) is 7.17. The van der Waals surface area contributed by atoms with E-state index in [9.17, 15) is 13.5 Å². The van der Waals surface area contributed by atoms with E-state index < -0.39 is 15.9 Å². The summed E-state index contributed by atoms with van der Waals surface area (Å²) in [6, 6.07) is 0. The van der Waals surface area contributed by atoms with Gasteiger partial charge in [0.25, 0.3) is 0 Å². The summed E-state index contributed by atoms with van der Waals surface area (Å²) < 4.78 is 21.6. The molecule has 0 saturated heterocycles. The molecule has 6 heteroatoms. The standard InChI is InChI=1S/C7H11NO3S2/c1-13(10,11)4-6(9)2-7-3-8-5-12-7/h3,5-6,9H,2,4H2,1H3. The van der Waals surface area contributed by atoms with Crippen molar-refractivity contribution in [1.82, 2.24) is 4.98 Å². The van der Waals surface area contributed by atoms with E-state index in [0.717, 1.165) is 11.1 Å². The lowest BCUT2D eigenvalue weighted by Crippen LogP contribution is -2.21. The molecule has 0 bridgehead atoms. The van der Waals surface area contributed by atoms with Crippen LogP contribution < -0.4 is 0 Å². The molecule has 1 N–H and O–H groups in total. The fourth-order valence-electron chi connectivity index (χ4n) is 0.984. The van der Waals surface area contributed by atoms with Crippen molar-refractivity contribution >= 4 is 21.2 Å². The zero-order valence-corrected chi connectivity index (χ0v) is 8.81. The second kappa shape index (κ2) is 4.17. The summed E-state index contributed by atoms with van der Waals surface area (Å²) >= 11 is 1.41. The monoisotopic (exact) mass is 221 g/mol. The Hall–Kier alpha value is -0.460. The van der Waals surface area contributed by atoms with Crippen LogP contribution in [0.25, 0.3) is 0 Å². The van der Waals surface area contributed by atoms with Crippen LogP contribution in [-0.4, -0.2) is 36.6 Å². The average Bonchev–Trinajstić information content (AvgIpc) is 2.34. The first-order valence-corrected chi connectivity index (χ1v) is 6.64. The van der Waals surface area contributed by atoms with Gasteiger partial charge in [0.2, 0.25) is 0 Å². The molecule has 0 aliphatic carbocycles. The quantitative estimate of drug-likeness (QED) is 0.782. The zero-order chi connectivity index (χ0) is 9.90. The van der Waals surface area contributed by atoms with Gasteiger partial charge in [0.1, 0.15) is 9.84 Å². The second-order valence-electron chi connectivity index (χ2n) is 2.92. The summed E-state index contributed by atoms with van der Waals surface area (Å²) in [7, 11) is -3.09. The van der Waals surface area contributed by atoms with Crippen molar-refractivity contribution in [3.63, 3.8) is 0 Å². The van der Waals surface area contributed by atoms with Crippen LogP contribution in [0.3, 0.4) is 0 Å². The molecule has 1 aromatic rings. The van der Waals surface area contributed by atoms with Crippen molar-refractivity contribution in [3.8, 4) is 0 Å². The van der Waals surface area contributed by atoms with E-state index in [2.05, 4.69) is 4.98 Å². The summed E-state index contributed by atoms with van der Waals surface area (Å²) in [5.41, 5.74) is 1.66. The molecule has 4 nitrogen and oxygen atoms in total. The lowest BCUT2D eigenvalue weighted by atomic mass is 10.3. The number of aromatic nitrogens is 1. The maximum absolute atomic E-state index is 10.8. The molecular formula is C7H11NO3S2. The van der Waals surface area contributed by atoms with Gasteiger partial charge in [-0.05, 0) is 0 Å². The van der Waals surface area contributed by atoms with Crippen LogP contribution in [0, 0.1) is 0 Å². The van der Waals surface area contributed by atoms with Gasteiger partial charge in [-0.15, -0.1) is 11.3 Å². The van der Waals surface area contributed by atoms with Crippen molar-refractivity contribution < 1.29 is 13.5 Å². The molecular weight excluding hydrogens is 210 g/mol. The minimum Gasteiger partial charge on any atom is -0.392 e. The van der Waals surface area contributed by atoms with Crippen LogP contribution in [0.5, 0.6) is 0 Å². The van der Waals surface area contributed by atoms with Crippen molar-refractivity contribution in [1.29, 1.82) is 0 Å². The van der Waals surface area contributed by atoms with E-state index in [1.807, 2.05) is 0 Å². The predicted molar refractivity (Wildman–Crippen MR) is 51.5 cm³/mol. The van der Waals surface area contributed by atoms with Gasteiger partial charge in [0.15, 0.2) is 0 Å². The Morgan fingerprint density at radius 3 is 2.85 bits per heavy atom. The van der Waals surface area contributed by atoms with Crippen LogP contribution in [0.1, 0.15) is 4.88 Å². The Bertz CT molecular complexity index is 344. The van der Waals surface area contributed by atoms with E-state index in [1.54, 1.807) is 11.7 Å². The molecule has 1 rings (SSSR count). The van der Waals surface area contributed by atoms with Crippen molar-refractivity contribution in [2.24, 2.45) is 0 Å². The number of hydrogen-bond acceptors (Lipinski definition) is 5. The molecule has 1 heterocycles. The van der Waals surface area contributed by atoms with Gasteiger partial charge >= 0.3 is 0 Å². The lowest BCUT2D eigenvalue weighted by Gasteiger charge is -2.06. The molecule has 1 atom stereocenters. The number of thiazole rings is 1. The molecule has 1 aromatic heterocycles. The van der Waals surface area contributed by atoms with Gasteiger partial charge in [-0.3, -0.25) is 4.98 Å². The van der Waals surface area contributed by atoms with E-state index in [4.69, 9.17) is 0 Å². The Kier molecular flexibility index (Phi) is 3.40. The summed E-state index contributed by atoms with van der Waals surface area (Å²) in [5, 5.41) is 9.36. The van der Waals surface area contributed by atoms with E-state index in [-0.39, 0.29) is 5.75 Å². The lowest BCUT2D eigenvalue weighted by molar-refractivity contribution is 0.199. The van der Waals surface area contributed by atoms with Crippen molar-refractivity contribution in [3.05, 3.63) is 16.6 Å². The largest absolute Gasteiger partial charge is 0.392 e. The highest BCUT2D eigenvalue weighted by atomic mass is 32.2. The fourth-order valence-corrected chi connectivity index (χ4v) is 2.47. The average molecular weight is 221 g/mol. The van der Waals surface area contributed by atoms with Gasteiger partial charge in [0, 0.05) is 23.8 Å². The first kappa shape index (κ1) is 10.6. The van der Waals surface area contributed by atoms with Gasteiger partial charge in [0.05, 0.1) is 17.4 Å². The predicted octanol–water partition coefficient (Wildman–Crippen LogP) is 0.0911. The topological polar surface area (TPSA) is 67.3 Å². The summed E-state index contributed by atoms with van der Waals surface area (Å²) in [4.78, 5) is 4.73. The number of rotatable bonds is 4. The molecule has 0 spiro atoms. The third-order valence-corrected chi connectivity index (χ3v) is 3.21.